The summed E-state index contributed by atoms with van der Waals surface area (Å²) in [5, 5.41) is 0.919. The number of aryl methyl sites for hydroxylation is 1. The summed E-state index contributed by atoms with van der Waals surface area (Å²) in [6, 6.07) is 14.1. The van der Waals surface area contributed by atoms with Gasteiger partial charge in [-0.05, 0) is 43.0 Å². The van der Waals surface area contributed by atoms with Gasteiger partial charge in [0.2, 0.25) is 0 Å². The Morgan fingerprint density at radius 2 is 1.81 bits per heavy atom. The highest BCUT2D eigenvalue weighted by atomic mass is 79.9. The van der Waals surface area contributed by atoms with Gasteiger partial charge < -0.3 is 0 Å². The number of benzene rings is 2. The van der Waals surface area contributed by atoms with E-state index in [1.165, 1.54) is 5.56 Å². The zero-order valence-electron chi connectivity index (χ0n) is 15.5. The number of nitrogens with zero attached hydrogens (tertiary/aromatic N) is 2. The number of allylic oxidation sites excluding steroid dienone is 1. The number of carbonyl (C=O) groups is 1. The number of amides is 1. The third-order valence-corrected chi connectivity index (χ3v) is 5.87. The van der Waals surface area contributed by atoms with Gasteiger partial charge in [-0.1, -0.05) is 59.6 Å². The minimum atomic E-state index is -0.0557. The van der Waals surface area contributed by atoms with Crippen molar-refractivity contribution in [3.8, 4) is 0 Å². The molecule has 2 aromatic carbocycles. The van der Waals surface area contributed by atoms with Crippen LogP contribution in [0, 0.1) is 12.3 Å². The number of anilines is 1. The van der Waals surface area contributed by atoms with Gasteiger partial charge in [0.15, 0.2) is 0 Å². The molecule has 0 saturated heterocycles. The molecule has 134 valence electrons. The summed E-state index contributed by atoms with van der Waals surface area (Å²) in [6.07, 6.45) is 3.06. The van der Waals surface area contributed by atoms with Crippen LogP contribution in [0.4, 0.5) is 5.69 Å². The summed E-state index contributed by atoms with van der Waals surface area (Å²) in [5.41, 5.74) is 6.68. The Bertz CT molecular complexity index is 1160. The third-order valence-electron chi connectivity index (χ3n) is 5.38. The Kier molecular flexibility index (Phi) is 3.41. The Balaban J connectivity index is 1.84. The van der Waals surface area contributed by atoms with Crippen molar-refractivity contribution in [3.05, 3.63) is 75.4 Å². The molecule has 0 fully saturated rings. The lowest BCUT2D eigenvalue weighted by molar-refractivity contribution is 0.101. The maximum atomic E-state index is 13.6. The summed E-state index contributed by atoms with van der Waals surface area (Å²) in [7, 11) is 0. The van der Waals surface area contributed by atoms with E-state index in [1.54, 1.807) is 0 Å². The highest BCUT2D eigenvalue weighted by molar-refractivity contribution is 9.10. The highest BCUT2D eigenvalue weighted by Gasteiger charge is 2.42. The SMILES string of the molecule is Cc1ccc(N2C(=O)c3c4c(nc5cc(Br)ccc35)CC(C)(C)C=C42)cc1. The second-order valence-electron chi connectivity index (χ2n) is 8.14. The molecule has 3 nitrogen and oxygen atoms in total. The van der Waals surface area contributed by atoms with Crippen molar-refractivity contribution in [2.75, 3.05) is 4.90 Å². The topological polar surface area (TPSA) is 33.2 Å². The minimum Gasteiger partial charge on any atom is -0.277 e. The Morgan fingerprint density at radius 3 is 2.56 bits per heavy atom. The van der Waals surface area contributed by atoms with Crippen LogP contribution in [0.1, 0.15) is 41.0 Å². The molecular weight excluding hydrogens is 400 g/mol. The molecule has 1 aliphatic carbocycles. The summed E-state index contributed by atoms with van der Waals surface area (Å²) in [6.45, 7) is 6.46. The van der Waals surface area contributed by atoms with E-state index in [9.17, 15) is 4.79 Å². The fourth-order valence-corrected chi connectivity index (χ4v) is 4.54. The smallest absolute Gasteiger partial charge is 0.264 e. The van der Waals surface area contributed by atoms with Crippen molar-refractivity contribution in [2.24, 2.45) is 5.41 Å². The van der Waals surface area contributed by atoms with Crippen molar-refractivity contribution >= 4 is 44.1 Å². The number of carbonyl (C=O) groups excluding carboxylic acids is 1. The van der Waals surface area contributed by atoms with Crippen LogP contribution in [0.3, 0.4) is 0 Å². The van der Waals surface area contributed by atoms with Crippen LogP contribution in [-0.2, 0) is 6.42 Å². The van der Waals surface area contributed by atoms with Crippen LogP contribution in [0.2, 0.25) is 0 Å². The van der Waals surface area contributed by atoms with Gasteiger partial charge in [0.05, 0.1) is 22.5 Å². The molecule has 3 aromatic rings. The third kappa shape index (κ3) is 2.47. The zero-order chi connectivity index (χ0) is 18.9. The molecule has 27 heavy (non-hydrogen) atoms. The van der Waals surface area contributed by atoms with Crippen LogP contribution in [-0.4, -0.2) is 10.9 Å². The van der Waals surface area contributed by atoms with Crippen molar-refractivity contribution in [1.82, 2.24) is 4.98 Å². The number of rotatable bonds is 1. The number of pyridine rings is 1. The lowest BCUT2D eigenvalue weighted by Crippen LogP contribution is -2.26. The largest absolute Gasteiger partial charge is 0.277 e. The van der Waals surface area contributed by atoms with E-state index < -0.39 is 0 Å². The zero-order valence-corrected chi connectivity index (χ0v) is 17.1. The number of fused-ring (bicyclic) bond motifs is 2. The standard InChI is InChI=1S/C23H19BrN2O/c1-13-4-7-15(8-5-13)26-19-12-23(2,3)11-18-21(19)20(22(26)27)16-9-6-14(24)10-17(16)25-18/h4-10,12H,11H2,1-3H3. The molecule has 0 atom stereocenters. The van der Waals surface area contributed by atoms with Crippen LogP contribution in [0.25, 0.3) is 16.6 Å². The van der Waals surface area contributed by atoms with E-state index >= 15 is 0 Å². The van der Waals surface area contributed by atoms with Crippen LogP contribution < -0.4 is 4.90 Å². The molecule has 4 heteroatoms. The molecular formula is C23H19BrN2O. The quantitative estimate of drug-likeness (QED) is 0.493. The first-order valence-corrected chi connectivity index (χ1v) is 9.90. The average Bonchev–Trinajstić information content (AvgIpc) is 2.88. The van der Waals surface area contributed by atoms with Gasteiger partial charge in [-0.15, -0.1) is 0 Å². The van der Waals surface area contributed by atoms with Crippen LogP contribution in [0.5, 0.6) is 0 Å². The first-order valence-electron chi connectivity index (χ1n) is 9.10. The van der Waals surface area contributed by atoms with Gasteiger partial charge >= 0.3 is 0 Å². The predicted molar refractivity (Wildman–Crippen MR) is 113 cm³/mol. The van der Waals surface area contributed by atoms with Crippen LogP contribution in [0.15, 0.2) is 53.0 Å². The monoisotopic (exact) mass is 418 g/mol. The van der Waals surface area contributed by atoms with Crippen molar-refractivity contribution in [2.45, 2.75) is 27.2 Å². The Morgan fingerprint density at radius 1 is 1.07 bits per heavy atom. The summed E-state index contributed by atoms with van der Waals surface area (Å²) in [5.74, 6) is 0.0359. The van der Waals surface area contributed by atoms with Crippen molar-refractivity contribution < 1.29 is 4.79 Å². The number of hydrogen-bond donors (Lipinski definition) is 0. The fourth-order valence-electron chi connectivity index (χ4n) is 4.19. The summed E-state index contributed by atoms with van der Waals surface area (Å²) in [4.78, 5) is 20.4. The Labute approximate surface area is 166 Å². The van der Waals surface area contributed by atoms with Gasteiger partial charge in [0, 0.05) is 21.1 Å². The minimum absolute atomic E-state index is 0.0359. The van der Waals surface area contributed by atoms with Gasteiger partial charge in [0.1, 0.15) is 0 Å². The fraction of sp³-hybridized carbons (Fsp3) is 0.217. The maximum Gasteiger partial charge on any atom is 0.264 e. The highest BCUT2D eigenvalue weighted by Crippen LogP contribution is 2.47. The van der Waals surface area contributed by atoms with E-state index in [2.05, 4.69) is 54.9 Å². The molecule has 0 bridgehead atoms. The average molecular weight is 419 g/mol. The molecule has 0 radical (unpaired) electrons. The molecule has 0 unspecified atom stereocenters. The lowest BCUT2D eigenvalue weighted by Gasteiger charge is -2.30. The lowest BCUT2D eigenvalue weighted by atomic mass is 9.79. The van der Waals surface area contributed by atoms with Gasteiger partial charge in [-0.25, -0.2) is 0 Å². The van der Waals surface area contributed by atoms with E-state index in [-0.39, 0.29) is 11.3 Å². The van der Waals surface area contributed by atoms with E-state index in [0.29, 0.717) is 0 Å². The summed E-state index contributed by atoms with van der Waals surface area (Å²) >= 11 is 3.53. The summed E-state index contributed by atoms with van der Waals surface area (Å²) < 4.78 is 0.973. The second kappa shape index (κ2) is 5.52. The molecule has 2 heterocycles. The number of halogens is 1. The molecule has 0 saturated carbocycles. The Hall–Kier alpha value is -2.46. The van der Waals surface area contributed by atoms with E-state index in [1.807, 2.05) is 35.2 Å². The van der Waals surface area contributed by atoms with Gasteiger partial charge in [0.25, 0.3) is 5.91 Å². The normalized spacial score (nSPS) is 17.3. The van der Waals surface area contributed by atoms with E-state index in [0.717, 1.165) is 50.0 Å². The number of hydrogen-bond acceptors (Lipinski definition) is 2. The van der Waals surface area contributed by atoms with Crippen molar-refractivity contribution in [3.63, 3.8) is 0 Å². The predicted octanol–water partition coefficient (Wildman–Crippen LogP) is 5.89. The molecule has 5 rings (SSSR count). The molecule has 2 aliphatic rings. The molecule has 1 aliphatic heterocycles. The first-order chi connectivity index (χ1) is 12.8. The van der Waals surface area contributed by atoms with Gasteiger partial charge in [-0.3, -0.25) is 14.7 Å². The molecule has 1 aromatic heterocycles. The molecule has 1 amide bonds. The first kappa shape index (κ1) is 16.7. The van der Waals surface area contributed by atoms with Crippen LogP contribution >= 0.6 is 15.9 Å². The maximum absolute atomic E-state index is 13.6. The molecule has 0 N–H and O–H groups in total. The number of aromatic nitrogens is 1. The molecule has 0 spiro atoms. The second-order valence-corrected chi connectivity index (χ2v) is 9.06. The van der Waals surface area contributed by atoms with E-state index in [4.69, 9.17) is 4.98 Å². The van der Waals surface area contributed by atoms with Gasteiger partial charge in [-0.2, -0.15) is 0 Å². The van der Waals surface area contributed by atoms with Crippen molar-refractivity contribution in [1.29, 1.82) is 0 Å².